The van der Waals surface area contributed by atoms with E-state index in [4.69, 9.17) is 4.74 Å². The molecule has 0 bridgehead atoms. The fourth-order valence-corrected chi connectivity index (χ4v) is 2.69. The molecule has 3 heteroatoms. The van der Waals surface area contributed by atoms with Gasteiger partial charge < -0.3 is 14.7 Å². The summed E-state index contributed by atoms with van der Waals surface area (Å²) in [5.41, 5.74) is 1.35. The Hall–Kier alpha value is -0.900. The van der Waals surface area contributed by atoms with Gasteiger partial charge in [-0.15, -0.1) is 0 Å². The molecule has 1 aromatic rings. The van der Waals surface area contributed by atoms with Crippen LogP contribution in [-0.4, -0.2) is 43.4 Å². The van der Waals surface area contributed by atoms with Gasteiger partial charge in [0.2, 0.25) is 0 Å². The van der Waals surface area contributed by atoms with Gasteiger partial charge in [-0.1, -0.05) is 30.3 Å². The van der Waals surface area contributed by atoms with Crippen LogP contribution in [-0.2, 0) is 11.3 Å². The summed E-state index contributed by atoms with van der Waals surface area (Å²) in [5.74, 6) is 0. The Morgan fingerprint density at radius 2 is 1.89 bits per heavy atom. The lowest BCUT2D eigenvalue weighted by Crippen LogP contribution is -2.42. The standard InChI is InChI=1S/C15H23NO2/c1-16(11-14-5-3-2-4-6-14)12-15(13-17)7-9-18-10-8-15/h2-6,17H,7-13H2,1H3. The van der Waals surface area contributed by atoms with Crippen molar-refractivity contribution in [2.24, 2.45) is 5.41 Å². The number of hydrogen-bond donors (Lipinski definition) is 1. The topological polar surface area (TPSA) is 32.7 Å². The Morgan fingerprint density at radius 3 is 2.50 bits per heavy atom. The maximum Gasteiger partial charge on any atom is 0.0501 e. The first-order valence-electron chi connectivity index (χ1n) is 6.65. The van der Waals surface area contributed by atoms with Crippen molar-refractivity contribution in [2.75, 3.05) is 33.4 Å². The third kappa shape index (κ3) is 3.55. The molecule has 3 nitrogen and oxygen atoms in total. The molecule has 0 aliphatic carbocycles. The summed E-state index contributed by atoms with van der Waals surface area (Å²) < 4.78 is 5.40. The lowest BCUT2D eigenvalue weighted by Gasteiger charge is -2.38. The highest BCUT2D eigenvalue weighted by Crippen LogP contribution is 2.30. The fourth-order valence-electron chi connectivity index (χ4n) is 2.69. The van der Waals surface area contributed by atoms with Crippen LogP contribution in [0.5, 0.6) is 0 Å². The van der Waals surface area contributed by atoms with Crippen molar-refractivity contribution in [1.29, 1.82) is 0 Å². The SMILES string of the molecule is CN(Cc1ccccc1)CC1(CO)CCOCC1. The van der Waals surface area contributed by atoms with Crippen molar-refractivity contribution in [3.05, 3.63) is 35.9 Å². The van der Waals surface area contributed by atoms with Crippen LogP contribution in [0.25, 0.3) is 0 Å². The minimum absolute atomic E-state index is 0.0295. The second-order valence-corrected chi connectivity index (χ2v) is 5.43. The third-order valence-corrected chi connectivity index (χ3v) is 3.79. The smallest absolute Gasteiger partial charge is 0.0501 e. The van der Waals surface area contributed by atoms with Gasteiger partial charge in [0.25, 0.3) is 0 Å². The zero-order chi connectivity index (χ0) is 12.8. The second kappa shape index (κ2) is 6.32. The molecular formula is C15H23NO2. The zero-order valence-corrected chi connectivity index (χ0v) is 11.1. The molecule has 1 aliphatic rings. The maximum atomic E-state index is 9.67. The summed E-state index contributed by atoms with van der Waals surface area (Å²) in [6.07, 6.45) is 1.92. The summed E-state index contributed by atoms with van der Waals surface area (Å²) in [7, 11) is 2.12. The summed E-state index contributed by atoms with van der Waals surface area (Å²) in [6, 6.07) is 10.5. The zero-order valence-electron chi connectivity index (χ0n) is 11.1. The molecule has 100 valence electrons. The van der Waals surface area contributed by atoms with Gasteiger partial charge in [-0.3, -0.25) is 0 Å². The van der Waals surface area contributed by atoms with E-state index >= 15 is 0 Å². The van der Waals surface area contributed by atoms with Crippen molar-refractivity contribution in [1.82, 2.24) is 4.90 Å². The number of aliphatic hydroxyl groups is 1. The van der Waals surface area contributed by atoms with E-state index in [1.807, 2.05) is 6.07 Å². The molecule has 0 amide bonds. The van der Waals surface area contributed by atoms with Crippen LogP contribution < -0.4 is 0 Å². The molecule has 1 fully saturated rings. The van der Waals surface area contributed by atoms with E-state index in [1.165, 1.54) is 5.56 Å². The molecule has 0 radical (unpaired) electrons. The summed E-state index contributed by atoms with van der Waals surface area (Å²) in [6.45, 7) is 3.68. The molecule has 0 atom stereocenters. The van der Waals surface area contributed by atoms with Crippen molar-refractivity contribution < 1.29 is 9.84 Å². The Morgan fingerprint density at radius 1 is 1.22 bits per heavy atom. The molecule has 2 rings (SSSR count). The van der Waals surface area contributed by atoms with Gasteiger partial charge in [-0.2, -0.15) is 0 Å². The average Bonchev–Trinajstić information content (AvgIpc) is 2.41. The monoisotopic (exact) mass is 249 g/mol. The highest BCUT2D eigenvalue weighted by atomic mass is 16.5. The quantitative estimate of drug-likeness (QED) is 0.865. The number of ether oxygens (including phenoxy) is 1. The lowest BCUT2D eigenvalue weighted by atomic mass is 9.80. The first-order valence-corrected chi connectivity index (χ1v) is 6.65. The Balaban J connectivity index is 1.91. The summed E-state index contributed by atoms with van der Waals surface area (Å²) in [5, 5.41) is 9.67. The summed E-state index contributed by atoms with van der Waals surface area (Å²) in [4.78, 5) is 2.30. The minimum atomic E-state index is 0.0295. The van der Waals surface area contributed by atoms with Crippen LogP contribution in [0.15, 0.2) is 30.3 Å². The predicted molar refractivity (Wildman–Crippen MR) is 72.3 cm³/mol. The van der Waals surface area contributed by atoms with E-state index in [2.05, 4.69) is 36.2 Å². The Kier molecular flexibility index (Phi) is 4.75. The van der Waals surface area contributed by atoms with Crippen molar-refractivity contribution in [3.63, 3.8) is 0 Å². The van der Waals surface area contributed by atoms with E-state index in [9.17, 15) is 5.11 Å². The molecule has 0 saturated carbocycles. The molecule has 0 unspecified atom stereocenters. The van der Waals surface area contributed by atoms with Gasteiger partial charge in [0.1, 0.15) is 0 Å². The normalized spacial score (nSPS) is 19.1. The first kappa shape index (κ1) is 13.5. The summed E-state index contributed by atoms with van der Waals surface area (Å²) >= 11 is 0. The van der Waals surface area contributed by atoms with Crippen LogP contribution in [0.2, 0.25) is 0 Å². The van der Waals surface area contributed by atoms with E-state index in [-0.39, 0.29) is 12.0 Å². The van der Waals surface area contributed by atoms with E-state index < -0.39 is 0 Å². The Bertz CT molecular complexity index is 347. The third-order valence-electron chi connectivity index (χ3n) is 3.79. The van der Waals surface area contributed by atoms with Crippen molar-refractivity contribution >= 4 is 0 Å². The molecule has 1 aromatic carbocycles. The lowest BCUT2D eigenvalue weighted by molar-refractivity contribution is -0.0318. The number of rotatable bonds is 5. The molecular weight excluding hydrogens is 226 g/mol. The van der Waals surface area contributed by atoms with Gasteiger partial charge in [0, 0.05) is 31.7 Å². The fraction of sp³-hybridized carbons (Fsp3) is 0.600. The van der Waals surface area contributed by atoms with E-state index in [0.29, 0.717) is 0 Å². The largest absolute Gasteiger partial charge is 0.396 e. The van der Waals surface area contributed by atoms with Gasteiger partial charge >= 0.3 is 0 Å². The van der Waals surface area contributed by atoms with E-state index in [1.54, 1.807) is 0 Å². The maximum absolute atomic E-state index is 9.67. The van der Waals surface area contributed by atoms with Crippen LogP contribution in [0.4, 0.5) is 0 Å². The minimum Gasteiger partial charge on any atom is -0.396 e. The number of hydrogen-bond acceptors (Lipinski definition) is 3. The van der Waals surface area contributed by atoms with Gasteiger partial charge in [-0.05, 0) is 25.5 Å². The number of benzene rings is 1. The van der Waals surface area contributed by atoms with Crippen molar-refractivity contribution in [3.8, 4) is 0 Å². The molecule has 18 heavy (non-hydrogen) atoms. The first-order chi connectivity index (χ1) is 8.74. The molecule has 0 aromatic heterocycles. The number of nitrogens with zero attached hydrogens (tertiary/aromatic N) is 1. The van der Waals surface area contributed by atoms with Crippen LogP contribution >= 0.6 is 0 Å². The average molecular weight is 249 g/mol. The second-order valence-electron chi connectivity index (χ2n) is 5.43. The van der Waals surface area contributed by atoms with Crippen LogP contribution in [0.1, 0.15) is 18.4 Å². The highest BCUT2D eigenvalue weighted by Gasteiger charge is 2.32. The molecule has 1 N–H and O–H groups in total. The van der Waals surface area contributed by atoms with Gasteiger partial charge in [0.05, 0.1) is 6.61 Å². The molecule has 0 spiro atoms. The highest BCUT2D eigenvalue weighted by molar-refractivity contribution is 5.14. The van der Waals surface area contributed by atoms with Gasteiger partial charge in [-0.25, -0.2) is 0 Å². The van der Waals surface area contributed by atoms with Gasteiger partial charge in [0.15, 0.2) is 0 Å². The molecule has 1 aliphatic heterocycles. The molecule has 1 saturated heterocycles. The van der Waals surface area contributed by atoms with E-state index in [0.717, 1.165) is 39.1 Å². The predicted octanol–water partition coefficient (Wildman–Crippen LogP) is 1.91. The molecule has 1 heterocycles. The number of aliphatic hydroxyl groups excluding tert-OH is 1. The van der Waals surface area contributed by atoms with Crippen molar-refractivity contribution in [2.45, 2.75) is 19.4 Å². The Labute approximate surface area is 109 Å². The van der Waals surface area contributed by atoms with Crippen LogP contribution in [0.3, 0.4) is 0 Å². The van der Waals surface area contributed by atoms with Crippen LogP contribution in [0, 0.1) is 5.41 Å².